The molecule has 0 saturated carbocycles. The van der Waals surface area contributed by atoms with Gasteiger partial charge in [-0.05, 0) is 25.7 Å². The Morgan fingerprint density at radius 3 is 1.33 bits per heavy atom. The van der Waals surface area contributed by atoms with Gasteiger partial charge in [-0.15, -0.1) is 0 Å². The molecule has 0 radical (unpaired) electrons. The number of ether oxygens (including phenoxy) is 6. The van der Waals surface area contributed by atoms with E-state index in [1.807, 2.05) is 6.08 Å². The summed E-state index contributed by atoms with van der Waals surface area (Å²) in [4.78, 5) is 25.8. The van der Waals surface area contributed by atoms with E-state index < -0.39 is 99.3 Å². The van der Waals surface area contributed by atoms with Crippen LogP contribution in [0.15, 0.2) is 12.2 Å². The van der Waals surface area contributed by atoms with Crippen molar-refractivity contribution in [2.24, 2.45) is 0 Å². The molecule has 0 bridgehead atoms. The van der Waals surface area contributed by atoms with E-state index in [0.29, 0.717) is 12.8 Å². The lowest BCUT2D eigenvalue weighted by molar-refractivity contribution is -0.332. The highest BCUT2D eigenvalue weighted by atomic mass is 16.7. The maximum Gasteiger partial charge on any atom is 0.306 e. The smallest absolute Gasteiger partial charge is 0.306 e. The molecular formula is C54H100O15. The van der Waals surface area contributed by atoms with E-state index in [4.69, 9.17) is 28.4 Å². The third kappa shape index (κ3) is 29.5. The molecule has 11 atom stereocenters. The highest BCUT2D eigenvalue weighted by Crippen LogP contribution is 2.27. The summed E-state index contributed by atoms with van der Waals surface area (Å²) in [7, 11) is 0. The van der Waals surface area contributed by atoms with E-state index in [0.717, 1.165) is 32.1 Å². The minimum Gasteiger partial charge on any atom is -0.462 e. The molecule has 0 aromatic carbocycles. The number of unbranched alkanes of at least 4 members (excludes halogenated alkanes) is 28. The Balaban J connectivity index is 1.78. The van der Waals surface area contributed by atoms with Crippen LogP contribution < -0.4 is 0 Å². The van der Waals surface area contributed by atoms with Gasteiger partial charge in [0.1, 0.15) is 55.4 Å². The van der Waals surface area contributed by atoms with Crippen molar-refractivity contribution in [3.8, 4) is 0 Å². The molecule has 2 rings (SSSR count). The van der Waals surface area contributed by atoms with Crippen LogP contribution in [-0.2, 0) is 38.0 Å². The number of hydrogen-bond donors (Lipinski definition) is 7. The fourth-order valence-electron chi connectivity index (χ4n) is 8.94. The molecule has 0 spiro atoms. The van der Waals surface area contributed by atoms with E-state index >= 15 is 0 Å². The fourth-order valence-corrected chi connectivity index (χ4v) is 8.94. The van der Waals surface area contributed by atoms with Crippen molar-refractivity contribution in [2.75, 3.05) is 26.4 Å². The second-order valence-electron chi connectivity index (χ2n) is 19.8. The van der Waals surface area contributed by atoms with Crippen molar-refractivity contribution < 1.29 is 73.8 Å². The molecule has 2 aliphatic rings. The van der Waals surface area contributed by atoms with Crippen LogP contribution in [0.25, 0.3) is 0 Å². The van der Waals surface area contributed by atoms with Gasteiger partial charge in [0.15, 0.2) is 18.7 Å². The van der Waals surface area contributed by atoms with Crippen molar-refractivity contribution in [1.82, 2.24) is 0 Å². The van der Waals surface area contributed by atoms with Crippen molar-refractivity contribution in [3.63, 3.8) is 0 Å². The lowest BCUT2D eigenvalue weighted by Gasteiger charge is -2.42. The zero-order chi connectivity index (χ0) is 50.3. The summed E-state index contributed by atoms with van der Waals surface area (Å²) in [6.45, 7) is 2.59. The maximum absolute atomic E-state index is 13.0. The van der Waals surface area contributed by atoms with Gasteiger partial charge in [0.2, 0.25) is 0 Å². The average molecular weight is 989 g/mol. The van der Waals surface area contributed by atoms with Crippen molar-refractivity contribution in [3.05, 3.63) is 12.2 Å². The predicted octanol–water partition coefficient (Wildman–Crippen LogP) is 8.55. The SMILES string of the molecule is CCCCCCCCCCCCC/C=C/CCC(=O)O[C@@H](COC(=O)CCCCCCCCCCCCCCCCCCCC)CO[C@@H]1O[C@H](CO[C@@H]2O[C@H](CO)[C@H](O)C(O)C2O)[C@H](O)C(O)C1O. The summed E-state index contributed by atoms with van der Waals surface area (Å²) in [5, 5.41) is 72.1. The summed E-state index contributed by atoms with van der Waals surface area (Å²) >= 11 is 0. The average Bonchev–Trinajstić information content (AvgIpc) is 3.34. The first kappa shape index (κ1) is 63.4. The molecule has 2 fully saturated rings. The molecule has 7 N–H and O–H groups in total. The second kappa shape index (κ2) is 41.7. The summed E-state index contributed by atoms with van der Waals surface area (Å²) in [5.74, 6) is -0.968. The zero-order valence-corrected chi connectivity index (χ0v) is 43.1. The molecule has 2 heterocycles. The van der Waals surface area contributed by atoms with Crippen molar-refractivity contribution in [1.29, 1.82) is 0 Å². The summed E-state index contributed by atoms with van der Waals surface area (Å²) in [6.07, 6.45) is 25.4. The Morgan fingerprint density at radius 2 is 0.855 bits per heavy atom. The molecule has 0 aromatic heterocycles. The van der Waals surface area contributed by atoms with Gasteiger partial charge in [0.05, 0.1) is 19.8 Å². The Bertz CT molecular complexity index is 1250. The van der Waals surface area contributed by atoms with Gasteiger partial charge in [0, 0.05) is 12.8 Å². The number of aliphatic hydroxyl groups excluding tert-OH is 7. The number of carbonyl (C=O) groups is 2. The first-order valence-electron chi connectivity index (χ1n) is 27.8. The summed E-state index contributed by atoms with van der Waals surface area (Å²) < 4.78 is 33.6. The van der Waals surface area contributed by atoms with Crippen molar-refractivity contribution >= 4 is 11.9 Å². The van der Waals surface area contributed by atoms with Crippen LogP contribution in [0, 0.1) is 0 Å². The van der Waals surface area contributed by atoms with E-state index in [-0.39, 0.29) is 19.4 Å². The molecule has 15 nitrogen and oxygen atoms in total. The van der Waals surface area contributed by atoms with E-state index in [1.165, 1.54) is 154 Å². The molecule has 406 valence electrons. The topological polar surface area (TPSA) is 231 Å². The van der Waals surface area contributed by atoms with Crippen LogP contribution in [0.4, 0.5) is 0 Å². The molecule has 4 unspecified atom stereocenters. The Hall–Kier alpha value is -1.76. The molecule has 2 saturated heterocycles. The quantitative estimate of drug-likeness (QED) is 0.0172. The molecule has 0 aliphatic carbocycles. The molecule has 2 aliphatic heterocycles. The summed E-state index contributed by atoms with van der Waals surface area (Å²) in [5.41, 5.74) is 0. The predicted molar refractivity (Wildman–Crippen MR) is 266 cm³/mol. The van der Waals surface area contributed by atoms with E-state index in [2.05, 4.69) is 19.9 Å². The van der Waals surface area contributed by atoms with Gasteiger partial charge >= 0.3 is 11.9 Å². The number of rotatable bonds is 44. The number of aliphatic hydroxyl groups is 7. The monoisotopic (exact) mass is 989 g/mol. The van der Waals surface area contributed by atoms with Crippen LogP contribution in [0.2, 0.25) is 0 Å². The molecule has 0 aromatic rings. The standard InChI is InChI=1S/C54H100O15/c1-3-5-7-9-11-13-15-17-19-20-21-23-24-26-28-30-32-34-36-45(56)64-39-42(67-46(57)37-35-33-31-29-27-25-22-18-16-14-12-10-8-6-4-2)40-65-53-52(63)50(61)48(59)44(69-53)41-66-54-51(62)49(60)47(58)43(38-55)68-54/h31,33,42-44,47-55,58-63H,3-30,32,34-41H2,1-2H3/b33-31+/t42-,43+,44+,47-,48-,49?,50?,51?,52?,53+,54+/m0/s1. The first-order chi connectivity index (χ1) is 33.5. The Labute approximate surface area is 416 Å². The number of esters is 2. The van der Waals surface area contributed by atoms with Gasteiger partial charge in [-0.25, -0.2) is 0 Å². The van der Waals surface area contributed by atoms with Crippen LogP contribution in [0.1, 0.15) is 226 Å². The normalized spacial score (nSPS) is 25.6. The number of hydrogen-bond acceptors (Lipinski definition) is 15. The Morgan fingerprint density at radius 1 is 0.449 bits per heavy atom. The number of allylic oxidation sites excluding steroid dienone is 2. The molecule has 15 heteroatoms. The van der Waals surface area contributed by atoms with Gasteiger partial charge < -0.3 is 64.2 Å². The van der Waals surface area contributed by atoms with Crippen LogP contribution in [0.3, 0.4) is 0 Å². The third-order valence-electron chi connectivity index (χ3n) is 13.5. The zero-order valence-electron chi connectivity index (χ0n) is 43.1. The Kier molecular flexibility index (Phi) is 38.3. The lowest BCUT2D eigenvalue weighted by Crippen LogP contribution is -2.61. The van der Waals surface area contributed by atoms with E-state index in [1.54, 1.807) is 0 Å². The minimum absolute atomic E-state index is 0.0866. The molecular weight excluding hydrogens is 889 g/mol. The fraction of sp³-hybridized carbons (Fsp3) is 0.926. The highest BCUT2D eigenvalue weighted by molar-refractivity contribution is 5.70. The van der Waals surface area contributed by atoms with Crippen LogP contribution >= 0.6 is 0 Å². The maximum atomic E-state index is 13.0. The molecule has 0 amide bonds. The van der Waals surface area contributed by atoms with Gasteiger partial charge in [0.25, 0.3) is 0 Å². The van der Waals surface area contributed by atoms with Gasteiger partial charge in [-0.2, -0.15) is 0 Å². The first-order valence-corrected chi connectivity index (χ1v) is 27.8. The highest BCUT2D eigenvalue weighted by Gasteiger charge is 2.47. The summed E-state index contributed by atoms with van der Waals surface area (Å²) in [6, 6.07) is 0. The van der Waals surface area contributed by atoms with Crippen LogP contribution in [0.5, 0.6) is 0 Å². The van der Waals surface area contributed by atoms with Crippen LogP contribution in [-0.4, -0.2) is 142 Å². The third-order valence-corrected chi connectivity index (χ3v) is 13.5. The van der Waals surface area contributed by atoms with Crippen molar-refractivity contribution in [2.45, 2.75) is 293 Å². The molecule has 69 heavy (non-hydrogen) atoms. The largest absolute Gasteiger partial charge is 0.462 e. The van der Waals surface area contributed by atoms with Gasteiger partial charge in [-0.1, -0.05) is 199 Å². The second-order valence-corrected chi connectivity index (χ2v) is 19.8. The lowest BCUT2D eigenvalue weighted by atomic mass is 9.98. The minimum atomic E-state index is -1.77. The van der Waals surface area contributed by atoms with E-state index in [9.17, 15) is 45.3 Å². The van der Waals surface area contributed by atoms with Gasteiger partial charge in [-0.3, -0.25) is 9.59 Å². The number of carbonyl (C=O) groups excluding carboxylic acids is 2.